The van der Waals surface area contributed by atoms with E-state index in [0.717, 1.165) is 23.0 Å². The molecule has 1 aliphatic rings. The number of carbonyl (C=O) groups excluding carboxylic acids is 2. The third-order valence-corrected chi connectivity index (χ3v) is 3.65. The standard InChI is InChI=1S/C15H15N3O2S/c1-3-8-21-15(20)16-12-6-4-11(5-7-12)14-10(2)9-13(19)17-18-14/h1,4-7,10H,8-9H2,2H3,(H,16,20)(H,17,19). The van der Waals surface area contributed by atoms with E-state index in [-0.39, 0.29) is 17.1 Å². The molecule has 21 heavy (non-hydrogen) atoms. The Kier molecular flexibility index (Phi) is 5.01. The van der Waals surface area contributed by atoms with Crippen LogP contribution in [0, 0.1) is 18.3 Å². The van der Waals surface area contributed by atoms with Crippen LogP contribution in [0.2, 0.25) is 0 Å². The smallest absolute Gasteiger partial charge is 0.284 e. The molecular weight excluding hydrogens is 286 g/mol. The lowest BCUT2D eigenvalue weighted by atomic mass is 9.94. The molecule has 1 aromatic carbocycles. The summed E-state index contributed by atoms with van der Waals surface area (Å²) >= 11 is 1.05. The van der Waals surface area contributed by atoms with Gasteiger partial charge in [0.15, 0.2) is 0 Å². The molecule has 1 aliphatic heterocycles. The highest BCUT2D eigenvalue weighted by Gasteiger charge is 2.21. The third-order valence-electron chi connectivity index (χ3n) is 2.97. The molecule has 1 heterocycles. The maximum atomic E-state index is 11.5. The lowest BCUT2D eigenvalue weighted by molar-refractivity contribution is -0.121. The van der Waals surface area contributed by atoms with Crippen molar-refractivity contribution in [2.75, 3.05) is 11.1 Å². The van der Waals surface area contributed by atoms with Crippen LogP contribution >= 0.6 is 11.8 Å². The quantitative estimate of drug-likeness (QED) is 0.842. The fourth-order valence-corrected chi connectivity index (χ4v) is 2.39. The van der Waals surface area contributed by atoms with Crippen molar-refractivity contribution in [3.63, 3.8) is 0 Å². The second-order valence-electron chi connectivity index (χ2n) is 4.62. The van der Waals surface area contributed by atoms with Crippen LogP contribution in [-0.4, -0.2) is 22.6 Å². The van der Waals surface area contributed by atoms with Crippen LogP contribution in [0.1, 0.15) is 18.9 Å². The van der Waals surface area contributed by atoms with E-state index < -0.39 is 0 Å². The molecule has 0 bridgehead atoms. The van der Waals surface area contributed by atoms with Crippen molar-refractivity contribution in [2.24, 2.45) is 11.0 Å². The molecule has 0 aliphatic carbocycles. The average Bonchev–Trinajstić information content (AvgIpc) is 2.46. The van der Waals surface area contributed by atoms with Crippen LogP contribution < -0.4 is 10.7 Å². The van der Waals surface area contributed by atoms with Crippen LogP contribution in [0.15, 0.2) is 29.4 Å². The first-order chi connectivity index (χ1) is 10.1. The molecule has 1 aromatic rings. The Morgan fingerprint density at radius 1 is 1.52 bits per heavy atom. The first-order valence-corrected chi connectivity index (χ1v) is 7.43. The number of hydrazone groups is 1. The highest BCUT2D eigenvalue weighted by Crippen LogP contribution is 2.19. The lowest BCUT2D eigenvalue weighted by Crippen LogP contribution is -2.31. The summed E-state index contributed by atoms with van der Waals surface area (Å²) in [4.78, 5) is 22.8. The Morgan fingerprint density at radius 3 is 2.86 bits per heavy atom. The molecule has 5 nitrogen and oxygen atoms in total. The van der Waals surface area contributed by atoms with Gasteiger partial charge in [-0.15, -0.1) is 6.42 Å². The number of anilines is 1. The largest absolute Gasteiger partial charge is 0.317 e. The molecule has 2 N–H and O–H groups in total. The fourth-order valence-electron chi connectivity index (χ4n) is 1.99. The van der Waals surface area contributed by atoms with Gasteiger partial charge in [-0.25, -0.2) is 5.43 Å². The minimum absolute atomic E-state index is 0.0688. The van der Waals surface area contributed by atoms with Crippen molar-refractivity contribution in [1.82, 2.24) is 5.43 Å². The van der Waals surface area contributed by atoms with Gasteiger partial charge in [-0.3, -0.25) is 9.59 Å². The first kappa shape index (κ1) is 15.1. The fraction of sp³-hybridized carbons (Fsp3) is 0.267. The van der Waals surface area contributed by atoms with Gasteiger partial charge in [-0.05, 0) is 17.7 Å². The van der Waals surface area contributed by atoms with Crippen molar-refractivity contribution in [3.05, 3.63) is 29.8 Å². The molecule has 0 aromatic heterocycles. The number of carbonyl (C=O) groups is 2. The molecule has 2 amide bonds. The van der Waals surface area contributed by atoms with Gasteiger partial charge < -0.3 is 5.32 Å². The zero-order chi connectivity index (χ0) is 15.2. The summed E-state index contributed by atoms with van der Waals surface area (Å²) in [5.41, 5.74) is 4.95. The first-order valence-electron chi connectivity index (χ1n) is 6.44. The summed E-state index contributed by atoms with van der Waals surface area (Å²) in [6, 6.07) is 7.34. The molecule has 2 rings (SSSR count). The highest BCUT2D eigenvalue weighted by molar-refractivity contribution is 8.14. The van der Waals surface area contributed by atoms with Crippen LogP contribution in [0.5, 0.6) is 0 Å². The van der Waals surface area contributed by atoms with Crippen molar-refractivity contribution in [2.45, 2.75) is 13.3 Å². The maximum absolute atomic E-state index is 11.5. The summed E-state index contributed by atoms with van der Waals surface area (Å²) < 4.78 is 0. The molecule has 0 spiro atoms. The van der Waals surface area contributed by atoms with Gasteiger partial charge in [0.05, 0.1) is 11.5 Å². The van der Waals surface area contributed by atoms with Crippen molar-refractivity contribution >= 4 is 34.3 Å². The van der Waals surface area contributed by atoms with Gasteiger partial charge in [0.1, 0.15) is 0 Å². The van der Waals surface area contributed by atoms with E-state index in [2.05, 4.69) is 21.8 Å². The zero-order valence-electron chi connectivity index (χ0n) is 11.6. The molecule has 1 atom stereocenters. The van der Waals surface area contributed by atoms with Gasteiger partial charge in [0, 0.05) is 18.0 Å². The molecule has 1 unspecified atom stereocenters. The number of nitrogens with zero attached hydrogens (tertiary/aromatic N) is 1. The van der Waals surface area contributed by atoms with Gasteiger partial charge in [-0.1, -0.05) is 36.7 Å². The van der Waals surface area contributed by atoms with E-state index in [0.29, 0.717) is 17.9 Å². The van der Waals surface area contributed by atoms with Crippen LogP contribution in [-0.2, 0) is 4.79 Å². The van der Waals surface area contributed by atoms with E-state index in [1.54, 1.807) is 12.1 Å². The number of hydrogen-bond acceptors (Lipinski definition) is 4. The molecule has 0 fully saturated rings. The zero-order valence-corrected chi connectivity index (χ0v) is 12.4. The Labute approximate surface area is 127 Å². The van der Waals surface area contributed by atoms with E-state index in [1.807, 2.05) is 19.1 Å². The summed E-state index contributed by atoms with van der Waals surface area (Å²) in [7, 11) is 0. The molecule has 0 radical (unpaired) electrons. The van der Waals surface area contributed by atoms with E-state index in [9.17, 15) is 9.59 Å². The number of amides is 2. The SMILES string of the molecule is C#CCSC(=O)Nc1ccc(C2=NNC(=O)CC2C)cc1. The summed E-state index contributed by atoms with van der Waals surface area (Å²) in [5.74, 6) is 2.75. The Bertz CT molecular complexity index is 617. The van der Waals surface area contributed by atoms with E-state index in [1.165, 1.54) is 0 Å². The Hall–Kier alpha value is -2.26. The maximum Gasteiger partial charge on any atom is 0.284 e. The van der Waals surface area contributed by atoms with Crippen LogP contribution in [0.4, 0.5) is 10.5 Å². The van der Waals surface area contributed by atoms with Crippen LogP contribution in [0.3, 0.4) is 0 Å². The minimum Gasteiger partial charge on any atom is -0.317 e. The minimum atomic E-state index is -0.184. The highest BCUT2D eigenvalue weighted by atomic mass is 32.2. The van der Waals surface area contributed by atoms with Gasteiger partial charge in [0.2, 0.25) is 5.91 Å². The number of hydrogen-bond donors (Lipinski definition) is 2. The summed E-state index contributed by atoms with van der Waals surface area (Å²) in [6.45, 7) is 1.96. The molecule has 0 saturated heterocycles. The summed E-state index contributed by atoms with van der Waals surface area (Å²) in [5, 5.41) is 6.66. The molecular formula is C15H15N3O2S. The lowest BCUT2D eigenvalue weighted by Gasteiger charge is -2.19. The predicted molar refractivity (Wildman–Crippen MR) is 85.2 cm³/mol. The van der Waals surface area contributed by atoms with Gasteiger partial charge in [-0.2, -0.15) is 5.10 Å². The van der Waals surface area contributed by atoms with Crippen LogP contribution in [0.25, 0.3) is 0 Å². The van der Waals surface area contributed by atoms with Crippen molar-refractivity contribution < 1.29 is 9.59 Å². The van der Waals surface area contributed by atoms with E-state index in [4.69, 9.17) is 6.42 Å². The van der Waals surface area contributed by atoms with Crippen molar-refractivity contribution in [3.8, 4) is 12.3 Å². The Morgan fingerprint density at radius 2 is 2.24 bits per heavy atom. The number of rotatable bonds is 3. The number of terminal acetylenes is 1. The second-order valence-corrected chi connectivity index (χ2v) is 5.57. The third kappa shape index (κ3) is 4.10. The number of nitrogens with one attached hydrogen (secondary N) is 2. The van der Waals surface area contributed by atoms with Gasteiger partial charge in [0.25, 0.3) is 5.24 Å². The van der Waals surface area contributed by atoms with E-state index >= 15 is 0 Å². The monoisotopic (exact) mass is 301 g/mol. The van der Waals surface area contributed by atoms with Crippen molar-refractivity contribution in [1.29, 1.82) is 0 Å². The number of benzene rings is 1. The Balaban J connectivity index is 2.04. The number of thioether (sulfide) groups is 1. The van der Waals surface area contributed by atoms with Gasteiger partial charge >= 0.3 is 0 Å². The topological polar surface area (TPSA) is 70.6 Å². The summed E-state index contributed by atoms with van der Waals surface area (Å²) in [6.07, 6.45) is 5.53. The molecule has 0 saturated carbocycles. The molecule has 6 heteroatoms. The predicted octanol–water partition coefficient (Wildman–Crippen LogP) is 2.45. The second kappa shape index (κ2) is 6.95. The molecule has 108 valence electrons. The average molecular weight is 301 g/mol. The normalized spacial score (nSPS) is 17.4.